The van der Waals surface area contributed by atoms with Gasteiger partial charge in [0.25, 0.3) is 0 Å². The summed E-state index contributed by atoms with van der Waals surface area (Å²) in [5, 5.41) is 11.9. The Balaban J connectivity index is 3.49. The molecule has 0 aromatic heterocycles. The minimum atomic E-state index is -1.45. The molecule has 0 fully saturated rings. The van der Waals surface area contributed by atoms with Crippen LogP contribution >= 0.6 is 15.9 Å². The van der Waals surface area contributed by atoms with Crippen molar-refractivity contribution in [3.8, 4) is 5.75 Å². The molecule has 1 aromatic rings. The lowest BCUT2D eigenvalue weighted by molar-refractivity contribution is 0.407. The maximum absolute atomic E-state index is 12.7. The Kier molecular flexibility index (Phi) is 2.69. The second-order valence-electron chi connectivity index (χ2n) is 2.04. The molecule has 0 atom stereocenters. The first-order valence-corrected chi connectivity index (χ1v) is 3.78. The summed E-state index contributed by atoms with van der Waals surface area (Å²) in [4.78, 5) is 2.33. The van der Waals surface area contributed by atoms with Crippen LogP contribution in [0.1, 0.15) is 0 Å². The second-order valence-corrected chi connectivity index (χ2v) is 2.90. The smallest absolute Gasteiger partial charge is 0.202 e. The van der Waals surface area contributed by atoms with Crippen molar-refractivity contribution >= 4 is 21.6 Å². The first kappa shape index (κ1) is 9.76. The van der Waals surface area contributed by atoms with Crippen LogP contribution in [0.2, 0.25) is 0 Å². The van der Waals surface area contributed by atoms with Crippen molar-refractivity contribution in [2.45, 2.75) is 0 Å². The zero-order valence-electron chi connectivity index (χ0n) is 6.00. The van der Waals surface area contributed by atoms with Crippen molar-refractivity contribution in [3.63, 3.8) is 0 Å². The van der Waals surface area contributed by atoms with Gasteiger partial charge in [-0.25, -0.2) is 4.39 Å². The number of hydrogen-bond donors (Lipinski definition) is 1. The molecule has 0 bridgehead atoms. The molecule has 0 amide bonds. The summed E-state index contributed by atoms with van der Waals surface area (Å²) in [5.41, 5.74) is 7.64. The third kappa shape index (κ3) is 1.71. The quantitative estimate of drug-likeness (QED) is 0.353. The Hall–Kier alpha value is -1.33. The number of phenols is 1. The number of nitrogens with zero attached hydrogens (tertiary/aromatic N) is 3. The number of halogens is 3. The van der Waals surface area contributed by atoms with E-state index in [-0.39, 0.29) is 10.2 Å². The molecule has 1 rings (SSSR count). The van der Waals surface area contributed by atoms with Gasteiger partial charge in [0.1, 0.15) is 0 Å². The van der Waals surface area contributed by atoms with Crippen molar-refractivity contribution in [2.24, 2.45) is 5.11 Å². The third-order valence-electron chi connectivity index (χ3n) is 1.27. The molecular formula is C6H2BrF2N3O. The molecule has 13 heavy (non-hydrogen) atoms. The minimum absolute atomic E-state index is 0.217. The van der Waals surface area contributed by atoms with Gasteiger partial charge in [0.15, 0.2) is 11.6 Å². The highest BCUT2D eigenvalue weighted by Gasteiger charge is 2.15. The molecule has 0 saturated heterocycles. The van der Waals surface area contributed by atoms with Crippen molar-refractivity contribution in [1.82, 2.24) is 0 Å². The number of hydrogen-bond acceptors (Lipinski definition) is 2. The van der Waals surface area contributed by atoms with E-state index in [0.29, 0.717) is 0 Å². The van der Waals surface area contributed by atoms with E-state index in [0.717, 1.165) is 6.07 Å². The summed E-state index contributed by atoms with van der Waals surface area (Å²) in [6.45, 7) is 0. The van der Waals surface area contributed by atoms with Crippen molar-refractivity contribution < 1.29 is 13.9 Å². The van der Waals surface area contributed by atoms with E-state index in [1.807, 2.05) is 0 Å². The zero-order valence-corrected chi connectivity index (χ0v) is 7.59. The van der Waals surface area contributed by atoms with Gasteiger partial charge < -0.3 is 5.11 Å². The first-order chi connectivity index (χ1) is 6.07. The van der Waals surface area contributed by atoms with E-state index in [1.54, 1.807) is 0 Å². The topological polar surface area (TPSA) is 69.0 Å². The molecule has 0 spiro atoms. The standard InChI is InChI=1S/C6H2BrF2N3O/c7-2-1-3(11-12-10)6(13)5(9)4(2)8/h1,13H. The van der Waals surface area contributed by atoms with Gasteiger partial charge in [-0.15, -0.1) is 0 Å². The van der Waals surface area contributed by atoms with Gasteiger partial charge in [-0.05, 0) is 27.5 Å². The summed E-state index contributed by atoms with van der Waals surface area (Å²) in [5.74, 6) is -3.68. The number of phenolic OH excluding ortho intramolecular Hbond substituents is 1. The van der Waals surface area contributed by atoms with E-state index < -0.39 is 17.4 Å². The summed E-state index contributed by atoms with van der Waals surface area (Å²) < 4.78 is 25.2. The first-order valence-electron chi connectivity index (χ1n) is 2.99. The molecule has 0 heterocycles. The number of azide groups is 1. The minimum Gasteiger partial charge on any atom is -0.504 e. The van der Waals surface area contributed by atoms with E-state index in [1.165, 1.54) is 0 Å². The van der Waals surface area contributed by atoms with Gasteiger partial charge in [-0.1, -0.05) is 5.11 Å². The highest BCUT2D eigenvalue weighted by atomic mass is 79.9. The summed E-state index contributed by atoms with van der Waals surface area (Å²) in [6.07, 6.45) is 0. The Morgan fingerprint density at radius 1 is 1.46 bits per heavy atom. The summed E-state index contributed by atoms with van der Waals surface area (Å²) >= 11 is 2.69. The van der Waals surface area contributed by atoms with Crippen LogP contribution in [0, 0.1) is 11.6 Å². The van der Waals surface area contributed by atoms with E-state index in [2.05, 4.69) is 26.0 Å². The van der Waals surface area contributed by atoms with Gasteiger partial charge in [-0.3, -0.25) is 0 Å². The predicted molar refractivity (Wildman–Crippen MR) is 44.5 cm³/mol. The van der Waals surface area contributed by atoms with Gasteiger partial charge in [-0.2, -0.15) is 4.39 Å². The maximum Gasteiger partial charge on any atom is 0.202 e. The molecule has 1 N–H and O–H groups in total. The fraction of sp³-hybridized carbons (Fsp3) is 0. The van der Waals surface area contributed by atoms with Gasteiger partial charge in [0.05, 0.1) is 10.2 Å². The predicted octanol–water partition coefficient (Wildman–Crippen LogP) is 3.37. The molecule has 0 aliphatic rings. The Labute approximate surface area is 79.6 Å². The van der Waals surface area contributed by atoms with Crippen molar-refractivity contribution in [1.29, 1.82) is 0 Å². The van der Waals surface area contributed by atoms with Crippen LogP contribution in [0.5, 0.6) is 5.75 Å². The van der Waals surface area contributed by atoms with Crippen molar-refractivity contribution in [3.05, 3.63) is 32.6 Å². The molecule has 0 aliphatic carbocycles. The van der Waals surface area contributed by atoms with Gasteiger partial charge >= 0.3 is 0 Å². The lowest BCUT2D eigenvalue weighted by Gasteiger charge is -2.01. The van der Waals surface area contributed by atoms with Crippen LogP contribution in [-0.2, 0) is 0 Å². The monoisotopic (exact) mass is 249 g/mol. The average Bonchev–Trinajstić information content (AvgIpc) is 2.11. The molecule has 7 heteroatoms. The molecule has 68 valence electrons. The van der Waals surface area contributed by atoms with Crippen LogP contribution in [0.3, 0.4) is 0 Å². The lowest BCUT2D eigenvalue weighted by Crippen LogP contribution is -1.86. The number of rotatable bonds is 1. The van der Waals surface area contributed by atoms with E-state index >= 15 is 0 Å². The van der Waals surface area contributed by atoms with Crippen LogP contribution in [0.15, 0.2) is 15.7 Å². The molecule has 0 unspecified atom stereocenters. The fourth-order valence-corrected chi connectivity index (χ4v) is 1.09. The highest BCUT2D eigenvalue weighted by molar-refractivity contribution is 9.10. The number of aromatic hydroxyl groups is 1. The van der Waals surface area contributed by atoms with E-state index in [4.69, 9.17) is 10.6 Å². The molecule has 1 aromatic carbocycles. The Morgan fingerprint density at radius 2 is 2.08 bits per heavy atom. The van der Waals surface area contributed by atoms with Crippen LogP contribution in [0.25, 0.3) is 10.4 Å². The molecule has 0 radical (unpaired) electrons. The molecule has 0 aliphatic heterocycles. The third-order valence-corrected chi connectivity index (χ3v) is 1.85. The highest BCUT2D eigenvalue weighted by Crippen LogP contribution is 2.35. The summed E-state index contributed by atoms with van der Waals surface area (Å²) in [6, 6.07) is 0.980. The number of benzene rings is 1. The Bertz CT molecular complexity index is 403. The maximum atomic E-state index is 12.7. The van der Waals surface area contributed by atoms with Crippen molar-refractivity contribution in [2.75, 3.05) is 0 Å². The van der Waals surface area contributed by atoms with Gasteiger partial charge in [0.2, 0.25) is 5.82 Å². The SMILES string of the molecule is [N-]=[N+]=Nc1cc(Br)c(F)c(F)c1O. The largest absolute Gasteiger partial charge is 0.504 e. The average molecular weight is 250 g/mol. The molecular weight excluding hydrogens is 248 g/mol. The fourth-order valence-electron chi connectivity index (χ4n) is 0.697. The second kappa shape index (κ2) is 3.59. The normalized spacial score (nSPS) is 9.46. The van der Waals surface area contributed by atoms with Gasteiger partial charge in [0, 0.05) is 4.91 Å². The van der Waals surface area contributed by atoms with Crippen LogP contribution in [0.4, 0.5) is 14.5 Å². The molecule has 0 saturated carbocycles. The molecule has 4 nitrogen and oxygen atoms in total. The summed E-state index contributed by atoms with van der Waals surface area (Å²) in [7, 11) is 0. The van der Waals surface area contributed by atoms with E-state index in [9.17, 15) is 8.78 Å². The lowest BCUT2D eigenvalue weighted by atomic mass is 10.3. The van der Waals surface area contributed by atoms with Crippen LogP contribution < -0.4 is 0 Å². The van der Waals surface area contributed by atoms with Crippen LogP contribution in [-0.4, -0.2) is 5.11 Å². The zero-order chi connectivity index (χ0) is 10.0. The Morgan fingerprint density at radius 3 is 2.62 bits per heavy atom.